The maximum atomic E-state index is 10.4. The van der Waals surface area contributed by atoms with Gasteiger partial charge in [0, 0.05) is 21.8 Å². The van der Waals surface area contributed by atoms with Crippen LogP contribution < -0.4 is 0 Å². The van der Waals surface area contributed by atoms with Crippen LogP contribution in [0.25, 0.3) is 22.4 Å². The molecule has 1 N–H and O–H groups in total. The predicted molar refractivity (Wildman–Crippen MR) is 153 cm³/mol. The summed E-state index contributed by atoms with van der Waals surface area (Å²) in [6, 6.07) is 31.9. The number of hydrogen-bond acceptors (Lipinski definition) is 4. The second-order valence-corrected chi connectivity index (χ2v) is 9.72. The standard InChI is InChI=1S/C29H20Br2N4O/c30-25-15-24(28(36)26(31)16-25)18-32-29-34-27(19-35(29)33-17-20-7-3-1-4-8-20)23-13-11-22(12-14-23)21-9-5-2-6-10-21/h1-19,36H/b32-18?,33-17-. The van der Waals surface area contributed by atoms with E-state index in [0.29, 0.717) is 16.0 Å². The number of phenolic OH excluding ortho intramolecular Hbond substituents is 1. The topological polar surface area (TPSA) is 62.8 Å². The molecule has 5 rings (SSSR count). The Balaban J connectivity index is 1.51. The average Bonchev–Trinajstić information content (AvgIpc) is 3.33. The third kappa shape index (κ3) is 5.53. The molecule has 4 aromatic carbocycles. The Morgan fingerprint density at radius 2 is 1.39 bits per heavy atom. The Labute approximate surface area is 225 Å². The molecule has 5 aromatic rings. The Bertz CT molecular complexity index is 1540. The SMILES string of the molecule is Oc1c(Br)cc(Br)cc1C=Nc1nc(-c2ccc(-c3ccccc3)cc2)cn1/N=C\c1ccccc1. The number of benzene rings is 4. The first kappa shape index (κ1) is 23.9. The maximum absolute atomic E-state index is 10.4. The van der Waals surface area contributed by atoms with E-state index in [9.17, 15) is 5.11 Å². The lowest BCUT2D eigenvalue weighted by Gasteiger charge is -2.02. The van der Waals surface area contributed by atoms with Crippen LogP contribution >= 0.6 is 31.9 Å². The molecular formula is C29H20Br2N4O. The van der Waals surface area contributed by atoms with Gasteiger partial charge in [-0.2, -0.15) is 5.10 Å². The number of hydrogen-bond donors (Lipinski definition) is 1. The molecule has 0 aliphatic carbocycles. The van der Waals surface area contributed by atoms with Gasteiger partial charge in [-0.3, -0.25) is 0 Å². The first-order valence-corrected chi connectivity index (χ1v) is 12.7. The number of imidazole rings is 1. The number of nitrogens with zero attached hydrogens (tertiary/aromatic N) is 4. The number of aromatic hydroxyl groups is 1. The molecule has 0 amide bonds. The van der Waals surface area contributed by atoms with E-state index in [1.54, 1.807) is 29.2 Å². The van der Waals surface area contributed by atoms with Gasteiger partial charge < -0.3 is 5.11 Å². The van der Waals surface area contributed by atoms with Gasteiger partial charge in [-0.1, -0.05) is 101 Å². The highest BCUT2D eigenvalue weighted by molar-refractivity contribution is 9.11. The van der Waals surface area contributed by atoms with E-state index in [0.717, 1.165) is 32.4 Å². The fraction of sp³-hybridized carbons (Fsp3) is 0. The minimum Gasteiger partial charge on any atom is -0.506 e. The lowest BCUT2D eigenvalue weighted by atomic mass is 10.0. The minimum absolute atomic E-state index is 0.101. The molecule has 0 saturated heterocycles. The van der Waals surface area contributed by atoms with Crippen molar-refractivity contribution >= 4 is 50.2 Å². The smallest absolute Gasteiger partial charge is 0.251 e. The van der Waals surface area contributed by atoms with Crippen molar-refractivity contribution in [2.75, 3.05) is 0 Å². The van der Waals surface area contributed by atoms with E-state index in [2.05, 4.69) is 66.2 Å². The molecule has 0 fully saturated rings. The van der Waals surface area contributed by atoms with Gasteiger partial charge in [0.15, 0.2) is 0 Å². The fourth-order valence-electron chi connectivity index (χ4n) is 3.62. The average molecular weight is 600 g/mol. The molecule has 0 spiro atoms. The fourth-order valence-corrected chi connectivity index (χ4v) is 4.88. The number of aliphatic imine (C=N–C) groups is 1. The highest BCUT2D eigenvalue weighted by Crippen LogP contribution is 2.31. The number of aromatic nitrogens is 2. The molecular weight excluding hydrogens is 580 g/mol. The Hall–Kier alpha value is -3.81. The van der Waals surface area contributed by atoms with Gasteiger partial charge in [0.05, 0.1) is 22.6 Å². The van der Waals surface area contributed by atoms with Gasteiger partial charge in [-0.25, -0.2) is 14.7 Å². The van der Waals surface area contributed by atoms with Gasteiger partial charge in [0.2, 0.25) is 0 Å². The summed E-state index contributed by atoms with van der Waals surface area (Å²) in [5.41, 5.74) is 5.50. The molecule has 0 bridgehead atoms. The van der Waals surface area contributed by atoms with Crippen LogP contribution in [0, 0.1) is 0 Å². The zero-order chi connectivity index (χ0) is 24.9. The monoisotopic (exact) mass is 598 g/mol. The molecule has 0 atom stereocenters. The third-order valence-electron chi connectivity index (χ3n) is 5.47. The van der Waals surface area contributed by atoms with Gasteiger partial charge in [-0.15, -0.1) is 0 Å². The van der Waals surface area contributed by atoms with E-state index < -0.39 is 0 Å². The van der Waals surface area contributed by atoms with Crippen molar-refractivity contribution in [3.05, 3.63) is 123 Å². The van der Waals surface area contributed by atoms with Crippen LogP contribution in [-0.2, 0) is 0 Å². The number of phenols is 1. The van der Waals surface area contributed by atoms with Gasteiger partial charge in [0.1, 0.15) is 5.75 Å². The van der Waals surface area contributed by atoms with Crippen LogP contribution in [0.15, 0.2) is 122 Å². The molecule has 0 saturated carbocycles. The summed E-state index contributed by atoms with van der Waals surface area (Å²) in [7, 11) is 0. The lowest BCUT2D eigenvalue weighted by Crippen LogP contribution is -1.90. The molecule has 176 valence electrons. The molecule has 0 aliphatic heterocycles. The van der Waals surface area contributed by atoms with Crippen molar-refractivity contribution in [3.63, 3.8) is 0 Å². The van der Waals surface area contributed by atoms with Crippen LogP contribution in [0.3, 0.4) is 0 Å². The normalized spacial score (nSPS) is 11.5. The molecule has 0 unspecified atom stereocenters. The quantitative estimate of drug-likeness (QED) is 0.201. The van der Waals surface area contributed by atoms with E-state index in [4.69, 9.17) is 4.98 Å². The molecule has 0 radical (unpaired) electrons. The second kappa shape index (κ2) is 10.8. The van der Waals surface area contributed by atoms with Gasteiger partial charge in [0.25, 0.3) is 5.95 Å². The van der Waals surface area contributed by atoms with E-state index in [-0.39, 0.29) is 5.75 Å². The van der Waals surface area contributed by atoms with Crippen LogP contribution in [0.4, 0.5) is 5.95 Å². The summed E-state index contributed by atoms with van der Waals surface area (Å²) in [5.74, 6) is 0.490. The van der Waals surface area contributed by atoms with Gasteiger partial charge in [-0.05, 0) is 44.8 Å². The van der Waals surface area contributed by atoms with E-state index >= 15 is 0 Å². The van der Waals surface area contributed by atoms with Crippen LogP contribution in [-0.4, -0.2) is 27.2 Å². The third-order valence-corrected chi connectivity index (χ3v) is 6.53. The van der Waals surface area contributed by atoms with Crippen LogP contribution in [0.1, 0.15) is 11.1 Å². The first-order chi connectivity index (χ1) is 17.6. The lowest BCUT2D eigenvalue weighted by molar-refractivity contribution is 0.471. The molecule has 36 heavy (non-hydrogen) atoms. The van der Waals surface area contributed by atoms with E-state index in [1.165, 1.54) is 0 Å². The second-order valence-electron chi connectivity index (χ2n) is 7.95. The first-order valence-electron chi connectivity index (χ1n) is 11.1. The molecule has 0 aliphatic rings. The predicted octanol–water partition coefficient (Wildman–Crippen LogP) is 8.08. The number of rotatable bonds is 6. The van der Waals surface area contributed by atoms with E-state index in [1.807, 2.05) is 66.9 Å². The zero-order valence-electron chi connectivity index (χ0n) is 19.0. The van der Waals surface area contributed by atoms with Gasteiger partial charge >= 0.3 is 0 Å². The summed E-state index contributed by atoms with van der Waals surface area (Å²) in [5, 5.41) is 15.0. The Morgan fingerprint density at radius 3 is 2.11 bits per heavy atom. The minimum atomic E-state index is 0.101. The van der Waals surface area contributed by atoms with Crippen LogP contribution in [0.5, 0.6) is 5.75 Å². The highest BCUT2D eigenvalue weighted by Gasteiger charge is 2.11. The van der Waals surface area contributed by atoms with Crippen molar-refractivity contribution in [3.8, 4) is 28.1 Å². The summed E-state index contributed by atoms with van der Waals surface area (Å²) in [6.07, 6.45) is 5.18. The molecule has 1 aromatic heterocycles. The molecule has 5 nitrogen and oxygen atoms in total. The van der Waals surface area contributed by atoms with Crippen molar-refractivity contribution in [2.45, 2.75) is 0 Å². The summed E-state index contributed by atoms with van der Waals surface area (Å²) < 4.78 is 3.02. The van der Waals surface area contributed by atoms with Crippen LogP contribution in [0.2, 0.25) is 0 Å². The van der Waals surface area contributed by atoms with Crippen molar-refractivity contribution < 1.29 is 5.11 Å². The summed E-state index contributed by atoms with van der Waals surface area (Å²) in [6.45, 7) is 0. The molecule has 1 heterocycles. The largest absolute Gasteiger partial charge is 0.506 e. The summed E-state index contributed by atoms with van der Waals surface area (Å²) >= 11 is 6.81. The molecule has 7 heteroatoms. The van der Waals surface area contributed by atoms with Crippen molar-refractivity contribution in [2.24, 2.45) is 10.1 Å². The maximum Gasteiger partial charge on any atom is 0.251 e. The number of halogens is 2. The highest BCUT2D eigenvalue weighted by atomic mass is 79.9. The Morgan fingerprint density at radius 1 is 0.750 bits per heavy atom. The summed E-state index contributed by atoms with van der Waals surface area (Å²) in [4.78, 5) is 9.29. The Kier molecular flexibility index (Phi) is 7.21. The van der Waals surface area contributed by atoms with Crippen molar-refractivity contribution in [1.29, 1.82) is 0 Å². The van der Waals surface area contributed by atoms with Crippen molar-refractivity contribution in [1.82, 2.24) is 9.66 Å². The zero-order valence-corrected chi connectivity index (χ0v) is 22.1.